The molecule has 4 amide bonds. The maximum Gasteiger partial charge on any atom is 0.256 e. The maximum atomic E-state index is 12.9. The normalized spacial score (nSPS) is 19.0. The van der Waals surface area contributed by atoms with Gasteiger partial charge in [0, 0.05) is 113 Å². The van der Waals surface area contributed by atoms with Gasteiger partial charge in [-0.1, -0.05) is 196 Å². The predicted octanol–water partition coefficient (Wildman–Crippen LogP) is 18.4. The predicted molar refractivity (Wildman–Crippen MR) is 415 cm³/mol. The Bertz CT molecular complexity index is 5350. The first-order valence-electron chi connectivity index (χ1n) is 33.5. The Morgan fingerprint density at radius 1 is 0.398 bits per heavy atom. The average Bonchev–Trinajstić information content (AvgIpc) is 1.61. The molecule has 0 bridgehead atoms. The van der Waals surface area contributed by atoms with Crippen LogP contribution in [0.1, 0.15) is 126 Å². The SMILES string of the molecule is C.CCCON=C1/C(=C2/C(=O)Nc3cc(C)c(Cl)cc32)Cc2ccccc21.CON=C1/C(=C2/C(=O)Nc3cc(C)c(C)cc32)Cc2ccccc21.Cc1cc2c(cc1Br)/C(=C1/Cc3ccccc3C1=O)C(=O)N2.Cc1cc2c(cc1Cl)/C(=C1/Cc3ccccc3/C1=N\OCc1ccccc1)C(=O)N2. The molecule has 0 radical (unpaired) electrons. The Morgan fingerprint density at radius 2 is 0.748 bits per heavy atom. The van der Waals surface area contributed by atoms with Crippen LogP contribution in [-0.4, -0.2) is 60.3 Å². The highest BCUT2D eigenvalue weighted by atomic mass is 79.9. The topological polar surface area (TPSA) is 198 Å². The minimum absolute atomic E-state index is 0. The monoisotopic (exact) mass is 1470 g/mol. The van der Waals surface area contributed by atoms with Gasteiger partial charge < -0.3 is 35.8 Å². The van der Waals surface area contributed by atoms with Gasteiger partial charge in [-0.2, -0.15) is 0 Å². The molecule has 15 nitrogen and oxygen atoms in total. The maximum absolute atomic E-state index is 12.9. The van der Waals surface area contributed by atoms with Crippen molar-refractivity contribution in [1.82, 2.24) is 0 Å². The van der Waals surface area contributed by atoms with E-state index >= 15 is 0 Å². The van der Waals surface area contributed by atoms with Crippen molar-refractivity contribution >= 4 is 131 Å². The largest absolute Gasteiger partial charge is 0.399 e. The third kappa shape index (κ3) is 13.5. The highest BCUT2D eigenvalue weighted by Gasteiger charge is 2.39. The lowest BCUT2D eigenvalue weighted by Gasteiger charge is -2.08. The van der Waals surface area contributed by atoms with E-state index in [0.29, 0.717) is 88.1 Å². The summed E-state index contributed by atoms with van der Waals surface area (Å²) in [6.07, 6.45) is 3.36. The number of benzene rings is 9. The molecule has 4 aliphatic carbocycles. The van der Waals surface area contributed by atoms with Crippen LogP contribution >= 0.6 is 39.1 Å². The van der Waals surface area contributed by atoms with Crippen molar-refractivity contribution in [3.05, 3.63) is 313 Å². The molecule has 8 aliphatic rings. The molecule has 103 heavy (non-hydrogen) atoms. The first kappa shape index (κ1) is 70.4. The molecule has 516 valence electrons. The van der Waals surface area contributed by atoms with Crippen LogP contribution in [0, 0.1) is 34.6 Å². The van der Waals surface area contributed by atoms with Crippen LogP contribution < -0.4 is 21.3 Å². The summed E-state index contributed by atoms with van der Waals surface area (Å²) >= 11 is 16.2. The van der Waals surface area contributed by atoms with E-state index in [-0.39, 0.29) is 36.8 Å². The van der Waals surface area contributed by atoms with Crippen molar-refractivity contribution < 1.29 is 38.5 Å². The highest BCUT2D eigenvalue weighted by molar-refractivity contribution is 9.10. The van der Waals surface area contributed by atoms with E-state index in [4.69, 9.17) is 37.7 Å². The van der Waals surface area contributed by atoms with Crippen LogP contribution in [0.4, 0.5) is 22.7 Å². The number of rotatable bonds is 7. The number of ketones is 1. The minimum atomic E-state index is -0.191. The Balaban J connectivity index is 0.000000123. The molecule has 0 aromatic heterocycles. The summed E-state index contributed by atoms with van der Waals surface area (Å²) in [4.78, 5) is 79.7. The lowest BCUT2D eigenvalue weighted by molar-refractivity contribution is -0.111. The summed E-state index contributed by atoms with van der Waals surface area (Å²) in [5.41, 5.74) is 29.0. The van der Waals surface area contributed by atoms with Crippen molar-refractivity contribution in [2.75, 3.05) is 35.0 Å². The van der Waals surface area contributed by atoms with Crippen LogP contribution in [0.15, 0.2) is 218 Å². The van der Waals surface area contributed by atoms with Crippen molar-refractivity contribution in [2.45, 2.75) is 87.7 Å². The molecule has 0 spiro atoms. The molecule has 0 fully saturated rings. The number of anilines is 4. The number of amides is 4. The summed E-state index contributed by atoms with van der Waals surface area (Å²) in [5.74, 6) is -0.548. The molecule has 0 atom stereocenters. The molecule has 9 aromatic carbocycles. The summed E-state index contributed by atoms with van der Waals surface area (Å²) < 4.78 is 0.934. The van der Waals surface area contributed by atoms with Crippen molar-refractivity contribution in [2.24, 2.45) is 15.5 Å². The number of Topliss-reactive ketones (excluding diaryl/α,β-unsaturated/α-hetero) is 1. The average molecular weight is 1470 g/mol. The summed E-state index contributed by atoms with van der Waals surface area (Å²) in [6.45, 7) is 12.9. The van der Waals surface area contributed by atoms with Gasteiger partial charge in [-0.05, 0) is 162 Å². The van der Waals surface area contributed by atoms with E-state index in [1.165, 1.54) is 23.8 Å². The molecule has 17 rings (SSSR count). The second-order valence-corrected chi connectivity index (χ2v) is 27.6. The number of halogens is 3. The number of oxime groups is 3. The van der Waals surface area contributed by atoms with E-state index in [2.05, 4.69) is 90.8 Å². The quantitative estimate of drug-likeness (QED) is 0.0686. The number of nitrogens with zero attached hydrogens (tertiary/aromatic N) is 3. The molecule has 0 saturated carbocycles. The van der Waals surface area contributed by atoms with Crippen molar-refractivity contribution in [1.29, 1.82) is 0 Å². The van der Waals surface area contributed by atoms with E-state index < -0.39 is 0 Å². The Kier molecular flexibility index (Phi) is 20.2. The summed E-state index contributed by atoms with van der Waals surface area (Å²) in [5, 5.41) is 26.1. The van der Waals surface area contributed by atoms with Crippen molar-refractivity contribution in [3.63, 3.8) is 0 Å². The molecule has 4 heterocycles. The highest BCUT2D eigenvalue weighted by Crippen LogP contribution is 2.46. The van der Waals surface area contributed by atoms with Gasteiger partial charge >= 0.3 is 0 Å². The fraction of sp³-hybridized carbons (Fsp3) is 0.176. The van der Waals surface area contributed by atoms with E-state index in [1.807, 2.05) is 179 Å². The Labute approximate surface area is 616 Å². The van der Waals surface area contributed by atoms with E-state index in [1.54, 1.807) is 0 Å². The van der Waals surface area contributed by atoms with Gasteiger partial charge in [0.15, 0.2) is 5.78 Å². The zero-order valence-corrected chi connectivity index (χ0v) is 60.0. The lowest BCUT2D eigenvalue weighted by Crippen LogP contribution is -2.10. The van der Waals surface area contributed by atoms with Crippen LogP contribution in [-0.2, 0) is 66.0 Å². The number of nitrogens with one attached hydrogen (secondary N) is 4. The van der Waals surface area contributed by atoms with Crippen LogP contribution in [0.5, 0.6) is 0 Å². The third-order valence-corrected chi connectivity index (χ3v) is 20.9. The van der Waals surface area contributed by atoms with Crippen LogP contribution in [0.3, 0.4) is 0 Å². The van der Waals surface area contributed by atoms with Crippen LogP contribution in [0.2, 0.25) is 10.0 Å². The third-order valence-electron chi connectivity index (χ3n) is 19.3. The second-order valence-electron chi connectivity index (χ2n) is 25.9. The number of aryl methyl sites for hydroxylation is 5. The molecule has 0 unspecified atom stereocenters. The Morgan fingerprint density at radius 3 is 1.19 bits per heavy atom. The number of carbonyl (C=O) groups is 5. The molecule has 4 aliphatic heterocycles. The number of hydrogen-bond donors (Lipinski definition) is 4. The van der Waals surface area contributed by atoms with Gasteiger partial charge in [0.2, 0.25) is 0 Å². The smallest absolute Gasteiger partial charge is 0.256 e. The fourth-order valence-corrected chi connectivity index (χ4v) is 14.7. The van der Waals surface area contributed by atoms with Gasteiger partial charge in [-0.25, -0.2) is 0 Å². The molecular weight excluding hydrogens is 1400 g/mol. The van der Waals surface area contributed by atoms with Gasteiger partial charge in [0.1, 0.15) is 37.5 Å². The lowest BCUT2D eigenvalue weighted by atomic mass is 9.95. The number of fused-ring (bicyclic) bond motifs is 8. The molecule has 9 aromatic rings. The first-order valence-corrected chi connectivity index (χ1v) is 35.1. The summed E-state index contributed by atoms with van der Waals surface area (Å²) in [6, 6.07) is 57.1. The zero-order valence-electron chi connectivity index (χ0n) is 56.9. The fourth-order valence-electron chi connectivity index (χ4n) is 14.1. The van der Waals surface area contributed by atoms with Crippen molar-refractivity contribution in [3.8, 4) is 0 Å². The zero-order chi connectivity index (χ0) is 71.2. The van der Waals surface area contributed by atoms with Gasteiger partial charge in [-0.3, -0.25) is 24.0 Å². The first-order chi connectivity index (χ1) is 49.4. The van der Waals surface area contributed by atoms with Gasteiger partial charge in [0.25, 0.3) is 23.6 Å². The number of hydrogen-bond acceptors (Lipinski definition) is 11. The minimum Gasteiger partial charge on any atom is -0.399 e. The molecule has 18 heteroatoms. The van der Waals surface area contributed by atoms with Gasteiger partial charge in [-0.15, -0.1) is 0 Å². The van der Waals surface area contributed by atoms with Gasteiger partial charge in [0.05, 0.1) is 22.3 Å². The van der Waals surface area contributed by atoms with Crippen LogP contribution in [0.25, 0.3) is 22.3 Å². The molecule has 4 N–H and O–H groups in total. The molecule has 0 saturated heterocycles. The Hall–Kier alpha value is -11.0. The standard InChI is InChI=1S/C25H19ClN2O2.C21H19ClN2O2.C20H18N2O2.C18H12BrNO2.CH4/c1-15-11-22-19(13-21(15)26)23(25(29)27-22)20-12-17-9-5-6-10-18(17)24(20)28-30-14-16-7-3-2-4-8-16;1-3-8-26-24-20-14-7-5-4-6-13(14)10-16(20)19-15-11-17(22)12(2)9-18(15)23-21(19)25;1-11-8-15-17(9-12(11)2)21-20(23)18(15)16-10-13-6-4-5-7-14(13)19(16)22-24-3;1-9-6-15-12(8-14(9)19)16(18(22)20-15)13-7-10-4-2-3-5-11(10)17(13)21;/h2-11,13H,12,14H2,1H3,(H,27,29);4-7,9,11H,3,8,10H2,1-2H3,(H,23,25);4-9H,10H2,1-3H3,(H,21,23);2-6,8H,7H2,1H3,(H,20,22);1H4/b23-20+,28-24+;19-16+,24-20?;18-16+,22-19?;16-13+;. The summed E-state index contributed by atoms with van der Waals surface area (Å²) in [7, 11) is 1.53. The number of carbonyl (C=O) groups excluding carboxylic acids is 5. The molecular formula is C85H72BrCl2N7O8. The van der Waals surface area contributed by atoms with E-state index in [9.17, 15) is 24.0 Å². The second kappa shape index (κ2) is 29.5. The number of allylic oxidation sites excluding steroid dienone is 4. The van der Waals surface area contributed by atoms with E-state index in [0.717, 1.165) is 140 Å².